The molecule has 0 bridgehead atoms. The minimum Gasteiger partial charge on any atom is -0.371 e. The monoisotopic (exact) mass is 204 g/mol. The van der Waals surface area contributed by atoms with E-state index in [1.165, 1.54) is 23.2 Å². The molecule has 1 heterocycles. The summed E-state index contributed by atoms with van der Waals surface area (Å²) in [5, 5.41) is 3.32. The van der Waals surface area contributed by atoms with Gasteiger partial charge in [-0.25, -0.2) is 0 Å². The van der Waals surface area contributed by atoms with Crippen LogP contribution in [0.5, 0.6) is 0 Å². The van der Waals surface area contributed by atoms with Crippen molar-refractivity contribution in [3.05, 3.63) is 29.3 Å². The van der Waals surface area contributed by atoms with E-state index in [2.05, 4.69) is 49.3 Å². The topological polar surface area (TPSA) is 15.3 Å². The molecule has 2 rings (SSSR count). The highest BCUT2D eigenvalue weighted by Gasteiger charge is 2.25. The Morgan fingerprint density at radius 1 is 1.47 bits per heavy atom. The Morgan fingerprint density at radius 2 is 2.20 bits per heavy atom. The molecule has 0 fully saturated rings. The maximum atomic E-state index is 3.32. The van der Waals surface area contributed by atoms with Gasteiger partial charge in [0.05, 0.1) is 0 Å². The summed E-state index contributed by atoms with van der Waals surface area (Å²) in [6, 6.07) is 7.71. The summed E-state index contributed by atoms with van der Waals surface area (Å²) >= 11 is 0. The van der Waals surface area contributed by atoms with Crippen LogP contribution in [-0.4, -0.2) is 20.1 Å². The van der Waals surface area contributed by atoms with Crippen molar-refractivity contribution < 1.29 is 0 Å². The van der Waals surface area contributed by atoms with Crippen molar-refractivity contribution in [3.63, 3.8) is 0 Å². The molecule has 0 saturated heterocycles. The van der Waals surface area contributed by atoms with E-state index in [9.17, 15) is 0 Å². The zero-order valence-electron chi connectivity index (χ0n) is 10.0. The fourth-order valence-electron chi connectivity index (χ4n) is 2.38. The molecule has 1 aliphatic rings. The van der Waals surface area contributed by atoms with E-state index < -0.39 is 0 Å². The summed E-state index contributed by atoms with van der Waals surface area (Å²) in [5.41, 5.74) is 4.38. The maximum absolute atomic E-state index is 3.32. The molecule has 1 aromatic rings. The Morgan fingerprint density at radius 3 is 2.87 bits per heavy atom. The van der Waals surface area contributed by atoms with Crippen LogP contribution in [0, 0.1) is 0 Å². The first-order chi connectivity index (χ1) is 7.15. The first-order valence-electron chi connectivity index (χ1n) is 5.67. The van der Waals surface area contributed by atoms with Gasteiger partial charge in [-0.15, -0.1) is 0 Å². The Bertz CT molecular complexity index is 360. The molecule has 1 aromatic carbocycles. The Hall–Kier alpha value is -1.02. The molecular formula is C13H20N2. The van der Waals surface area contributed by atoms with Crippen molar-refractivity contribution >= 4 is 5.69 Å². The van der Waals surface area contributed by atoms with E-state index >= 15 is 0 Å². The molecule has 0 radical (unpaired) electrons. The third-order valence-corrected chi connectivity index (χ3v) is 3.63. The van der Waals surface area contributed by atoms with Crippen molar-refractivity contribution in [1.29, 1.82) is 0 Å². The lowest BCUT2D eigenvalue weighted by Crippen LogP contribution is -2.23. The number of hydrogen-bond donors (Lipinski definition) is 1. The van der Waals surface area contributed by atoms with Gasteiger partial charge in [-0.3, -0.25) is 0 Å². The van der Waals surface area contributed by atoms with E-state index in [0.29, 0.717) is 12.1 Å². The molecule has 82 valence electrons. The van der Waals surface area contributed by atoms with Crippen LogP contribution in [0.2, 0.25) is 0 Å². The number of hydrogen-bond acceptors (Lipinski definition) is 2. The van der Waals surface area contributed by atoms with Gasteiger partial charge in [0.15, 0.2) is 0 Å². The van der Waals surface area contributed by atoms with E-state index in [-0.39, 0.29) is 0 Å². The van der Waals surface area contributed by atoms with E-state index in [4.69, 9.17) is 0 Å². The highest BCUT2D eigenvalue weighted by molar-refractivity contribution is 5.62. The van der Waals surface area contributed by atoms with Crippen LogP contribution in [-0.2, 0) is 6.42 Å². The third-order valence-electron chi connectivity index (χ3n) is 3.63. The number of fused-ring (bicyclic) bond motifs is 1. The lowest BCUT2D eigenvalue weighted by molar-refractivity contribution is 0.643. The molecule has 0 aliphatic carbocycles. The van der Waals surface area contributed by atoms with Crippen molar-refractivity contribution in [2.75, 3.05) is 19.0 Å². The van der Waals surface area contributed by atoms with Crippen LogP contribution in [0.3, 0.4) is 0 Å². The van der Waals surface area contributed by atoms with Crippen LogP contribution in [0.25, 0.3) is 0 Å². The normalized spacial score (nSPS) is 21.6. The third kappa shape index (κ3) is 1.63. The van der Waals surface area contributed by atoms with Gasteiger partial charge in [-0.1, -0.05) is 12.1 Å². The summed E-state index contributed by atoms with van der Waals surface area (Å²) in [5.74, 6) is 0. The zero-order chi connectivity index (χ0) is 11.0. The Balaban J connectivity index is 2.45. The van der Waals surface area contributed by atoms with Crippen molar-refractivity contribution in [3.8, 4) is 0 Å². The lowest BCUT2D eigenvalue weighted by Gasteiger charge is -2.19. The van der Waals surface area contributed by atoms with Crippen LogP contribution in [0.15, 0.2) is 18.2 Å². The van der Waals surface area contributed by atoms with Crippen LogP contribution in [0.4, 0.5) is 5.69 Å². The Kier molecular flexibility index (Phi) is 2.70. The summed E-state index contributed by atoms with van der Waals surface area (Å²) in [6.45, 7) is 4.51. The second-order valence-electron chi connectivity index (χ2n) is 4.52. The summed E-state index contributed by atoms with van der Waals surface area (Å²) in [4.78, 5) is 2.38. The van der Waals surface area contributed by atoms with Gasteiger partial charge in [-0.2, -0.15) is 0 Å². The first-order valence-corrected chi connectivity index (χ1v) is 5.67. The van der Waals surface area contributed by atoms with Gasteiger partial charge < -0.3 is 10.2 Å². The van der Waals surface area contributed by atoms with Crippen molar-refractivity contribution in [2.45, 2.75) is 32.4 Å². The van der Waals surface area contributed by atoms with Gasteiger partial charge in [0.1, 0.15) is 0 Å². The number of nitrogens with one attached hydrogen (secondary N) is 1. The number of rotatable bonds is 2. The number of anilines is 1. The van der Waals surface area contributed by atoms with Gasteiger partial charge >= 0.3 is 0 Å². The van der Waals surface area contributed by atoms with Gasteiger partial charge in [-0.05, 0) is 44.5 Å². The molecule has 2 unspecified atom stereocenters. The molecule has 0 saturated carbocycles. The van der Waals surface area contributed by atoms with Gasteiger partial charge in [0.25, 0.3) is 0 Å². The van der Waals surface area contributed by atoms with Crippen LogP contribution >= 0.6 is 0 Å². The molecule has 2 nitrogen and oxygen atoms in total. The fraction of sp³-hybridized carbons (Fsp3) is 0.538. The molecule has 2 atom stereocenters. The van der Waals surface area contributed by atoms with Crippen molar-refractivity contribution in [2.24, 2.45) is 0 Å². The first kappa shape index (κ1) is 10.5. The summed E-state index contributed by atoms with van der Waals surface area (Å²) in [7, 11) is 4.20. The SMILES string of the molecule is CNC(C)c1cccc2c1CC(C)N2C. The maximum Gasteiger partial charge on any atom is 0.0402 e. The second kappa shape index (κ2) is 3.86. The molecule has 1 N–H and O–H groups in total. The molecule has 0 amide bonds. The smallest absolute Gasteiger partial charge is 0.0402 e. The predicted molar refractivity (Wildman–Crippen MR) is 65.5 cm³/mol. The minimum absolute atomic E-state index is 0.443. The average molecular weight is 204 g/mol. The van der Waals surface area contributed by atoms with Crippen LogP contribution in [0.1, 0.15) is 31.0 Å². The number of likely N-dealkylation sites (N-methyl/N-ethyl adjacent to an activating group) is 1. The summed E-state index contributed by atoms with van der Waals surface area (Å²) < 4.78 is 0. The predicted octanol–water partition coefficient (Wildman–Crippen LogP) is 2.35. The highest BCUT2D eigenvalue weighted by Crippen LogP contribution is 2.35. The van der Waals surface area contributed by atoms with E-state index in [0.717, 1.165) is 0 Å². The second-order valence-corrected chi connectivity index (χ2v) is 4.52. The van der Waals surface area contributed by atoms with Crippen LogP contribution < -0.4 is 10.2 Å². The largest absolute Gasteiger partial charge is 0.371 e. The Labute approximate surface area is 92.3 Å². The molecule has 2 heteroatoms. The van der Waals surface area contributed by atoms with Crippen molar-refractivity contribution in [1.82, 2.24) is 5.32 Å². The molecule has 0 spiro atoms. The number of benzene rings is 1. The van der Waals surface area contributed by atoms with Gasteiger partial charge in [0.2, 0.25) is 0 Å². The molecule has 15 heavy (non-hydrogen) atoms. The molecular weight excluding hydrogens is 184 g/mol. The average Bonchev–Trinajstić information content (AvgIpc) is 2.54. The summed E-state index contributed by atoms with van der Waals surface area (Å²) in [6.07, 6.45) is 1.17. The number of nitrogens with zero attached hydrogens (tertiary/aromatic N) is 1. The minimum atomic E-state index is 0.443. The van der Waals surface area contributed by atoms with Gasteiger partial charge in [0, 0.05) is 24.8 Å². The fourth-order valence-corrected chi connectivity index (χ4v) is 2.38. The van der Waals surface area contributed by atoms with E-state index in [1.807, 2.05) is 7.05 Å². The lowest BCUT2D eigenvalue weighted by atomic mass is 9.98. The molecule has 0 aromatic heterocycles. The zero-order valence-corrected chi connectivity index (χ0v) is 10.0. The standard InChI is InChI=1S/C13H20N2/c1-9-8-12-11(10(2)14-3)6-5-7-13(12)15(9)4/h5-7,9-10,14H,8H2,1-4H3. The van der Waals surface area contributed by atoms with E-state index in [1.54, 1.807) is 0 Å². The quantitative estimate of drug-likeness (QED) is 0.795. The highest BCUT2D eigenvalue weighted by atomic mass is 15.1. The molecule has 1 aliphatic heterocycles.